The van der Waals surface area contributed by atoms with Gasteiger partial charge in [0, 0.05) is 50.2 Å². The molecule has 0 unspecified atom stereocenters. The van der Waals surface area contributed by atoms with Crippen molar-refractivity contribution in [2.75, 3.05) is 39.3 Å². The maximum atomic E-state index is 13.7. The summed E-state index contributed by atoms with van der Waals surface area (Å²) in [6.07, 6.45) is 7.04. The minimum atomic E-state index is -0.503. The number of carbonyl (C=O) groups is 2. The first-order chi connectivity index (χ1) is 19.5. The zero-order chi connectivity index (χ0) is 29.4. The van der Waals surface area contributed by atoms with Gasteiger partial charge in [-0.05, 0) is 101 Å². The van der Waals surface area contributed by atoms with Crippen LogP contribution in [0.3, 0.4) is 0 Å². The van der Waals surface area contributed by atoms with Crippen LogP contribution in [0.5, 0.6) is 0 Å². The van der Waals surface area contributed by atoms with Gasteiger partial charge in [0.15, 0.2) is 0 Å². The van der Waals surface area contributed by atoms with Crippen LogP contribution in [0, 0.1) is 18.6 Å². The minimum absolute atomic E-state index is 0.116. The molecule has 2 aromatic carbocycles. The summed E-state index contributed by atoms with van der Waals surface area (Å²) in [4.78, 5) is 30.2. The molecule has 1 aliphatic carbocycles. The van der Waals surface area contributed by atoms with E-state index in [1.807, 2.05) is 9.80 Å². The van der Waals surface area contributed by atoms with Crippen LogP contribution in [0.4, 0.5) is 8.78 Å². The van der Waals surface area contributed by atoms with Crippen molar-refractivity contribution in [2.24, 2.45) is 0 Å². The van der Waals surface area contributed by atoms with Gasteiger partial charge in [0.2, 0.25) is 12.3 Å². The number of rotatable bonds is 5. The van der Waals surface area contributed by atoms with Crippen LogP contribution in [0.15, 0.2) is 36.4 Å². The van der Waals surface area contributed by atoms with Crippen LogP contribution < -0.4 is 0 Å². The van der Waals surface area contributed by atoms with Gasteiger partial charge in [-0.1, -0.05) is 29.8 Å². The molecule has 1 atom stereocenters. The van der Waals surface area contributed by atoms with Crippen LogP contribution in [0.1, 0.15) is 93.4 Å². The summed E-state index contributed by atoms with van der Waals surface area (Å²) in [7, 11) is 0. The molecule has 3 heterocycles. The van der Waals surface area contributed by atoms with E-state index in [9.17, 15) is 18.4 Å². The van der Waals surface area contributed by atoms with Crippen LogP contribution in [-0.4, -0.2) is 71.8 Å². The summed E-state index contributed by atoms with van der Waals surface area (Å²) in [5.41, 5.74) is 4.40. The van der Waals surface area contributed by atoms with E-state index in [4.69, 9.17) is 0 Å². The summed E-state index contributed by atoms with van der Waals surface area (Å²) < 4.78 is 26.5. The molecule has 2 amide bonds. The van der Waals surface area contributed by atoms with Crippen molar-refractivity contribution in [3.05, 3.63) is 70.3 Å². The minimum Gasteiger partial charge on any atom is -0.345 e. The first-order valence-electron chi connectivity index (χ1n) is 15.3. The van der Waals surface area contributed by atoms with E-state index in [2.05, 4.69) is 50.8 Å². The summed E-state index contributed by atoms with van der Waals surface area (Å²) in [5.74, 6) is 0.0990. The van der Waals surface area contributed by atoms with E-state index in [0.717, 1.165) is 90.3 Å². The first-order valence-corrected chi connectivity index (χ1v) is 15.3. The summed E-state index contributed by atoms with van der Waals surface area (Å²) in [6.45, 7) is 14.0. The largest absolute Gasteiger partial charge is 0.345 e. The lowest BCUT2D eigenvalue weighted by Gasteiger charge is -2.36. The van der Waals surface area contributed by atoms with Crippen LogP contribution in [0.25, 0.3) is 0 Å². The number of aryl methyl sites for hydroxylation is 1. The fourth-order valence-electron chi connectivity index (χ4n) is 6.76. The fourth-order valence-corrected chi connectivity index (χ4v) is 6.76. The highest BCUT2D eigenvalue weighted by Gasteiger charge is 2.55. The van der Waals surface area contributed by atoms with Gasteiger partial charge in [-0.2, -0.15) is 0 Å². The SMILES string of the molecule is CC(C)(C)N1CC[C@H](c2ccc(F)cc2F)C1.Cc1ccc(C2CCN(C=O)CC2)c(C2(C(=O)N3CCC3)CC2)c1. The highest BCUT2D eigenvalue weighted by atomic mass is 19.1. The molecule has 5 nitrogen and oxygen atoms in total. The molecule has 7 heteroatoms. The number of piperidine rings is 1. The Labute approximate surface area is 243 Å². The Bertz CT molecular complexity index is 1260. The van der Waals surface area contributed by atoms with Crippen molar-refractivity contribution >= 4 is 12.3 Å². The second kappa shape index (κ2) is 11.8. The Hall–Kier alpha value is -2.80. The highest BCUT2D eigenvalue weighted by molar-refractivity contribution is 5.92. The molecule has 0 spiro atoms. The number of nitrogens with zero attached hydrogens (tertiary/aromatic N) is 3. The fraction of sp³-hybridized carbons (Fsp3) is 0.588. The third-order valence-corrected chi connectivity index (χ3v) is 9.68. The topological polar surface area (TPSA) is 43.9 Å². The van der Waals surface area contributed by atoms with Crippen molar-refractivity contribution in [2.45, 2.75) is 89.0 Å². The van der Waals surface area contributed by atoms with Gasteiger partial charge < -0.3 is 9.80 Å². The van der Waals surface area contributed by atoms with E-state index in [0.29, 0.717) is 17.4 Å². The Kier molecular flexibility index (Phi) is 8.56. The molecule has 41 heavy (non-hydrogen) atoms. The molecule has 4 fully saturated rings. The third-order valence-electron chi connectivity index (χ3n) is 9.68. The number of carbonyl (C=O) groups excluding carboxylic acids is 2. The van der Waals surface area contributed by atoms with Crippen molar-refractivity contribution < 1.29 is 18.4 Å². The molecule has 3 aliphatic heterocycles. The second-order valence-corrected chi connectivity index (χ2v) is 13.5. The Balaban J connectivity index is 0.000000175. The van der Waals surface area contributed by atoms with Gasteiger partial charge >= 0.3 is 0 Å². The lowest BCUT2D eigenvalue weighted by molar-refractivity contribution is -0.137. The zero-order valence-electron chi connectivity index (χ0n) is 25.1. The Morgan fingerprint density at radius 1 is 0.902 bits per heavy atom. The van der Waals surface area contributed by atoms with Crippen LogP contribution >= 0.6 is 0 Å². The molecule has 3 saturated heterocycles. The average Bonchev–Trinajstić information content (AvgIpc) is 3.56. The normalized spacial score (nSPS) is 22.5. The van der Waals surface area contributed by atoms with Crippen LogP contribution in [0.2, 0.25) is 0 Å². The predicted molar refractivity (Wildman–Crippen MR) is 158 cm³/mol. The number of halogens is 2. The molecule has 6 rings (SSSR count). The standard InChI is InChI=1S/C20H26N2O2.C14H19F2N/c1-15-3-4-17(16-5-11-21(14-23)12-6-16)18(13-15)20(7-8-20)19(24)22-9-2-10-22;1-14(2,3)17-7-6-10(9-17)12-5-4-11(15)8-13(12)16/h3-4,13-14,16H,2,5-12H2,1H3;4-5,8,10H,6-7,9H2,1-3H3/t;10-/m.0/s1. The molecular formula is C34H45F2N3O2. The summed E-state index contributed by atoms with van der Waals surface area (Å²) in [5, 5.41) is 0. The highest BCUT2D eigenvalue weighted by Crippen LogP contribution is 2.53. The van der Waals surface area contributed by atoms with Crippen molar-refractivity contribution in [3.63, 3.8) is 0 Å². The monoisotopic (exact) mass is 565 g/mol. The molecule has 0 N–H and O–H groups in total. The molecule has 4 aliphatic rings. The van der Waals surface area contributed by atoms with Gasteiger partial charge in [-0.3, -0.25) is 14.5 Å². The summed E-state index contributed by atoms with van der Waals surface area (Å²) in [6, 6.07) is 10.6. The van der Waals surface area contributed by atoms with E-state index in [1.54, 1.807) is 6.07 Å². The first kappa shape index (κ1) is 29.7. The third kappa shape index (κ3) is 6.35. The second-order valence-electron chi connectivity index (χ2n) is 13.5. The van der Waals surface area contributed by atoms with Crippen molar-refractivity contribution in [1.29, 1.82) is 0 Å². The van der Waals surface area contributed by atoms with Crippen molar-refractivity contribution in [3.8, 4) is 0 Å². The molecule has 0 radical (unpaired) electrons. The number of benzene rings is 2. The maximum Gasteiger partial charge on any atom is 0.233 e. The summed E-state index contributed by atoms with van der Waals surface area (Å²) >= 11 is 0. The predicted octanol–water partition coefficient (Wildman–Crippen LogP) is 6.15. The van der Waals surface area contributed by atoms with E-state index >= 15 is 0 Å². The quantitative estimate of drug-likeness (QED) is 0.409. The lowest BCUT2D eigenvalue weighted by atomic mass is 9.80. The Morgan fingerprint density at radius 2 is 1.56 bits per heavy atom. The smallest absolute Gasteiger partial charge is 0.233 e. The molecule has 0 aromatic heterocycles. The van der Waals surface area contributed by atoms with E-state index in [-0.39, 0.29) is 16.9 Å². The molecule has 222 valence electrons. The number of hydrogen-bond donors (Lipinski definition) is 0. The molecular weight excluding hydrogens is 520 g/mol. The van der Waals surface area contributed by atoms with E-state index in [1.165, 1.54) is 22.8 Å². The van der Waals surface area contributed by atoms with Crippen LogP contribution in [-0.2, 0) is 15.0 Å². The van der Waals surface area contributed by atoms with Crippen molar-refractivity contribution in [1.82, 2.24) is 14.7 Å². The number of amides is 2. The van der Waals surface area contributed by atoms with Gasteiger partial charge in [0.1, 0.15) is 11.6 Å². The van der Waals surface area contributed by atoms with Gasteiger partial charge in [0.25, 0.3) is 0 Å². The molecule has 2 aromatic rings. The van der Waals surface area contributed by atoms with Gasteiger partial charge in [0.05, 0.1) is 5.41 Å². The molecule has 0 bridgehead atoms. The Morgan fingerprint density at radius 3 is 2.10 bits per heavy atom. The number of likely N-dealkylation sites (tertiary alicyclic amines) is 3. The van der Waals surface area contributed by atoms with Gasteiger partial charge in [-0.25, -0.2) is 8.78 Å². The van der Waals surface area contributed by atoms with E-state index < -0.39 is 11.6 Å². The average molecular weight is 566 g/mol. The molecule has 1 saturated carbocycles. The number of hydrogen-bond acceptors (Lipinski definition) is 3. The zero-order valence-corrected chi connectivity index (χ0v) is 25.1. The lowest BCUT2D eigenvalue weighted by Crippen LogP contribution is -2.47. The van der Waals surface area contributed by atoms with Gasteiger partial charge in [-0.15, -0.1) is 0 Å². The maximum absolute atomic E-state index is 13.7.